The van der Waals surface area contributed by atoms with Gasteiger partial charge >= 0.3 is 11.9 Å². The lowest BCUT2D eigenvalue weighted by Gasteiger charge is -2.31. The molecule has 0 atom stereocenters. The molecule has 1 aromatic rings. The van der Waals surface area contributed by atoms with E-state index in [-0.39, 0.29) is 13.2 Å². The van der Waals surface area contributed by atoms with Crippen molar-refractivity contribution in [2.75, 3.05) is 20.3 Å². The van der Waals surface area contributed by atoms with Gasteiger partial charge in [-0.3, -0.25) is 9.59 Å². The van der Waals surface area contributed by atoms with Gasteiger partial charge in [-0.05, 0) is 31.5 Å². The lowest BCUT2D eigenvalue weighted by atomic mass is 9.73. The molecule has 5 nitrogen and oxygen atoms in total. The Balaban J connectivity index is 3.17. The molecule has 0 heterocycles. The summed E-state index contributed by atoms with van der Waals surface area (Å²) in [5.74, 6) is -1.44. The van der Waals surface area contributed by atoms with Gasteiger partial charge in [0.1, 0.15) is 5.75 Å². The molecule has 0 fully saturated rings. The molecule has 1 aromatic carbocycles. The molecule has 0 bridgehead atoms. The Morgan fingerprint density at radius 2 is 1.45 bits per heavy atom. The van der Waals surface area contributed by atoms with Gasteiger partial charge in [0.2, 0.25) is 0 Å². The number of rotatable bonds is 7. The summed E-state index contributed by atoms with van der Waals surface area (Å²) in [6.07, 6.45) is 0. The number of methoxy groups -OCH3 is 1. The molecule has 0 aliphatic rings. The highest BCUT2D eigenvalue weighted by molar-refractivity contribution is 5.96. The van der Waals surface area contributed by atoms with E-state index in [0.29, 0.717) is 5.75 Å². The van der Waals surface area contributed by atoms with Crippen LogP contribution in [0.1, 0.15) is 33.3 Å². The van der Waals surface area contributed by atoms with Crippen molar-refractivity contribution in [3.8, 4) is 5.75 Å². The van der Waals surface area contributed by atoms with Crippen LogP contribution < -0.4 is 4.74 Å². The second kappa shape index (κ2) is 7.82. The molecule has 0 unspecified atom stereocenters. The molecule has 0 N–H and O–H groups in total. The van der Waals surface area contributed by atoms with Crippen LogP contribution >= 0.6 is 0 Å². The zero-order valence-corrected chi connectivity index (χ0v) is 13.8. The van der Waals surface area contributed by atoms with E-state index in [2.05, 4.69) is 0 Å². The quantitative estimate of drug-likeness (QED) is 0.572. The molecular weight excluding hydrogens is 284 g/mol. The number of hydrogen-bond donors (Lipinski definition) is 0. The number of carbonyl (C=O) groups is 2. The van der Waals surface area contributed by atoms with E-state index in [4.69, 9.17) is 14.2 Å². The summed E-state index contributed by atoms with van der Waals surface area (Å²) in [7, 11) is 1.58. The van der Waals surface area contributed by atoms with Crippen LogP contribution in [0.3, 0.4) is 0 Å². The molecule has 122 valence electrons. The van der Waals surface area contributed by atoms with Crippen molar-refractivity contribution in [1.82, 2.24) is 0 Å². The van der Waals surface area contributed by atoms with Crippen molar-refractivity contribution < 1.29 is 23.8 Å². The van der Waals surface area contributed by atoms with Gasteiger partial charge in [-0.15, -0.1) is 0 Å². The second-order valence-corrected chi connectivity index (χ2v) is 5.39. The van der Waals surface area contributed by atoms with Crippen LogP contribution in [0.2, 0.25) is 0 Å². The molecular formula is C17H24O5. The van der Waals surface area contributed by atoms with Crippen molar-refractivity contribution in [2.24, 2.45) is 5.92 Å². The Kier molecular flexibility index (Phi) is 6.40. The Hall–Kier alpha value is -2.04. The fourth-order valence-corrected chi connectivity index (χ4v) is 2.32. The van der Waals surface area contributed by atoms with Crippen LogP contribution in [0, 0.1) is 5.92 Å². The molecule has 0 spiro atoms. The third-order valence-corrected chi connectivity index (χ3v) is 3.60. The molecule has 0 amide bonds. The van der Waals surface area contributed by atoms with Crippen molar-refractivity contribution in [1.29, 1.82) is 0 Å². The van der Waals surface area contributed by atoms with E-state index in [1.807, 2.05) is 26.0 Å². The number of carbonyl (C=O) groups excluding carboxylic acids is 2. The highest BCUT2D eigenvalue weighted by atomic mass is 16.6. The lowest BCUT2D eigenvalue weighted by Crippen LogP contribution is -2.42. The van der Waals surface area contributed by atoms with Gasteiger partial charge < -0.3 is 14.2 Å². The summed E-state index contributed by atoms with van der Waals surface area (Å²) in [5, 5.41) is 0. The van der Waals surface area contributed by atoms with Crippen LogP contribution in [-0.4, -0.2) is 32.3 Å². The molecule has 0 saturated carbocycles. The van der Waals surface area contributed by atoms with Gasteiger partial charge in [0, 0.05) is 5.41 Å². The Labute approximate surface area is 131 Å². The maximum Gasteiger partial charge on any atom is 0.321 e. The first-order chi connectivity index (χ1) is 10.4. The largest absolute Gasteiger partial charge is 0.497 e. The van der Waals surface area contributed by atoms with E-state index < -0.39 is 23.3 Å². The SMILES string of the molecule is CCOC(=O)C(C(=O)OCC)C(C)(C)c1ccc(OC)cc1. The summed E-state index contributed by atoms with van der Waals surface area (Å²) >= 11 is 0. The van der Waals surface area contributed by atoms with Crippen molar-refractivity contribution >= 4 is 11.9 Å². The molecule has 0 aromatic heterocycles. The highest BCUT2D eigenvalue weighted by Crippen LogP contribution is 2.34. The van der Waals surface area contributed by atoms with Gasteiger partial charge in [-0.25, -0.2) is 0 Å². The van der Waals surface area contributed by atoms with Crippen molar-refractivity contribution in [2.45, 2.75) is 33.1 Å². The molecule has 0 aliphatic carbocycles. The van der Waals surface area contributed by atoms with E-state index in [0.717, 1.165) is 5.56 Å². The van der Waals surface area contributed by atoms with Gasteiger partial charge in [0.05, 0.1) is 20.3 Å². The van der Waals surface area contributed by atoms with Crippen LogP contribution in [0.4, 0.5) is 0 Å². The van der Waals surface area contributed by atoms with E-state index >= 15 is 0 Å². The smallest absolute Gasteiger partial charge is 0.321 e. The average Bonchev–Trinajstić information content (AvgIpc) is 2.47. The number of hydrogen-bond acceptors (Lipinski definition) is 5. The van der Waals surface area contributed by atoms with Gasteiger partial charge in [0.15, 0.2) is 5.92 Å². The van der Waals surface area contributed by atoms with E-state index in [1.165, 1.54) is 0 Å². The first-order valence-electron chi connectivity index (χ1n) is 7.36. The van der Waals surface area contributed by atoms with Crippen LogP contribution in [0.5, 0.6) is 5.75 Å². The topological polar surface area (TPSA) is 61.8 Å². The van der Waals surface area contributed by atoms with Gasteiger partial charge in [-0.2, -0.15) is 0 Å². The minimum atomic E-state index is -1.01. The van der Waals surface area contributed by atoms with Crippen LogP contribution in [0.15, 0.2) is 24.3 Å². The lowest BCUT2D eigenvalue weighted by molar-refractivity contribution is -0.164. The maximum atomic E-state index is 12.3. The minimum absolute atomic E-state index is 0.216. The first kappa shape index (κ1) is 18.0. The Bertz CT molecular complexity index is 486. The van der Waals surface area contributed by atoms with E-state index in [1.54, 1.807) is 33.1 Å². The molecule has 0 saturated heterocycles. The minimum Gasteiger partial charge on any atom is -0.497 e. The molecule has 5 heteroatoms. The number of benzene rings is 1. The molecule has 0 radical (unpaired) electrons. The predicted octanol–water partition coefficient (Wildman–Crippen LogP) is 2.72. The predicted molar refractivity (Wildman–Crippen MR) is 82.8 cm³/mol. The zero-order valence-electron chi connectivity index (χ0n) is 13.8. The van der Waals surface area contributed by atoms with Crippen LogP contribution in [0.25, 0.3) is 0 Å². The Morgan fingerprint density at radius 3 is 1.82 bits per heavy atom. The Morgan fingerprint density at radius 1 is 1.00 bits per heavy atom. The second-order valence-electron chi connectivity index (χ2n) is 5.39. The van der Waals surface area contributed by atoms with E-state index in [9.17, 15) is 9.59 Å². The maximum absolute atomic E-state index is 12.3. The number of esters is 2. The summed E-state index contributed by atoms with van der Waals surface area (Å²) < 4.78 is 15.3. The summed E-state index contributed by atoms with van der Waals surface area (Å²) in [5.41, 5.74) is 0.0736. The van der Waals surface area contributed by atoms with Crippen molar-refractivity contribution in [3.05, 3.63) is 29.8 Å². The first-order valence-corrected chi connectivity index (χ1v) is 7.36. The number of ether oxygens (including phenoxy) is 3. The summed E-state index contributed by atoms with van der Waals surface area (Å²) in [6.45, 7) is 7.50. The average molecular weight is 308 g/mol. The third-order valence-electron chi connectivity index (χ3n) is 3.60. The monoisotopic (exact) mass is 308 g/mol. The molecule has 1 rings (SSSR count). The summed E-state index contributed by atoms with van der Waals surface area (Å²) in [4.78, 5) is 24.5. The summed E-state index contributed by atoms with van der Waals surface area (Å²) in [6, 6.07) is 7.27. The molecule has 22 heavy (non-hydrogen) atoms. The van der Waals surface area contributed by atoms with Gasteiger partial charge in [0.25, 0.3) is 0 Å². The van der Waals surface area contributed by atoms with Gasteiger partial charge in [-0.1, -0.05) is 26.0 Å². The highest BCUT2D eigenvalue weighted by Gasteiger charge is 2.44. The normalized spacial score (nSPS) is 11.2. The molecule has 0 aliphatic heterocycles. The zero-order chi connectivity index (χ0) is 16.8. The van der Waals surface area contributed by atoms with Crippen molar-refractivity contribution in [3.63, 3.8) is 0 Å². The standard InChI is InChI=1S/C17H24O5/c1-6-21-15(18)14(16(19)22-7-2)17(3,4)12-8-10-13(20-5)11-9-12/h8-11,14H,6-7H2,1-5H3. The fourth-order valence-electron chi connectivity index (χ4n) is 2.32. The van der Waals surface area contributed by atoms with Crippen LogP contribution in [-0.2, 0) is 24.5 Å². The third kappa shape index (κ3) is 4.00. The fraction of sp³-hybridized carbons (Fsp3) is 0.529.